The van der Waals surface area contributed by atoms with Gasteiger partial charge in [0.1, 0.15) is 0 Å². The third-order valence-corrected chi connectivity index (χ3v) is 3.82. The van der Waals surface area contributed by atoms with Gasteiger partial charge in [0.15, 0.2) is 0 Å². The highest BCUT2D eigenvalue weighted by Gasteiger charge is 2.23. The number of anilines is 1. The number of hydrogen-bond donors (Lipinski definition) is 0. The Morgan fingerprint density at radius 2 is 2.06 bits per heavy atom. The van der Waals surface area contributed by atoms with Crippen molar-refractivity contribution in [3.8, 4) is 0 Å². The predicted octanol–water partition coefficient (Wildman–Crippen LogP) is 2.72. The summed E-state index contributed by atoms with van der Waals surface area (Å²) in [6, 6.07) is 5.00. The molecule has 0 fully saturated rings. The van der Waals surface area contributed by atoms with Crippen LogP contribution in [0.4, 0.5) is 5.69 Å². The number of aliphatic imine (C=N–C) groups is 1. The van der Waals surface area contributed by atoms with Crippen molar-refractivity contribution in [1.29, 1.82) is 0 Å². The Morgan fingerprint density at radius 1 is 1.25 bits per heavy atom. The molecule has 1 aliphatic carbocycles. The van der Waals surface area contributed by atoms with Gasteiger partial charge in [0, 0.05) is 12.2 Å². The van der Waals surface area contributed by atoms with Crippen LogP contribution in [0.1, 0.15) is 30.0 Å². The number of fused-ring (bicyclic) bond motifs is 1. The Hall–Kier alpha value is -1.31. The van der Waals surface area contributed by atoms with Crippen LogP contribution in [0, 0.1) is 6.92 Å². The van der Waals surface area contributed by atoms with Crippen LogP contribution in [0.25, 0.3) is 0 Å². The number of benzene rings is 1. The molecule has 16 heavy (non-hydrogen) atoms. The first-order valence-electron chi connectivity index (χ1n) is 6.17. The maximum Gasteiger partial charge on any atom is 0.0897 e. The van der Waals surface area contributed by atoms with Gasteiger partial charge in [-0.05, 0) is 55.9 Å². The van der Waals surface area contributed by atoms with Crippen molar-refractivity contribution in [1.82, 2.24) is 0 Å². The van der Waals surface area contributed by atoms with Crippen LogP contribution in [0.5, 0.6) is 0 Å². The second-order valence-corrected chi connectivity index (χ2v) is 4.95. The van der Waals surface area contributed by atoms with Crippen LogP contribution in [-0.2, 0) is 12.8 Å². The molecule has 0 saturated heterocycles. The van der Waals surface area contributed by atoms with Crippen molar-refractivity contribution in [2.45, 2.75) is 39.2 Å². The Morgan fingerprint density at radius 3 is 2.69 bits per heavy atom. The molecule has 0 spiro atoms. The fourth-order valence-corrected chi connectivity index (χ4v) is 2.60. The zero-order valence-corrected chi connectivity index (χ0v) is 10.0. The first kappa shape index (κ1) is 9.88. The number of rotatable bonds is 1. The molecule has 2 aliphatic rings. The molecule has 1 aliphatic heterocycles. The number of hydrogen-bond acceptors (Lipinski definition) is 2. The van der Waals surface area contributed by atoms with E-state index in [2.05, 4.69) is 35.9 Å². The highest BCUT2D eigenvalue weighted by molar-refractivity contribution is 5.83. The monoisotopic (exact) mass is 214 g/mol. The zero-order chi connectivity index (χ0) is 11.1. The SMILES string of the molecule is Cc1ccc(N2C=NC(C)CC2)c2c1CC2. The van der Waals surface area contributed by atoms with Gasteiger partial charge in [0.05, 0.1) is 12.4 Å². The molecule has 0 N–H and O–H groups in total. The summed E-state index contributed by atoms with van der Waals surface area (Å²) >= 11 is 0. The maximum absolute atomic E-state index is 4.51. The van der Waals surface area contributed by atoms with E-state index in [0.29, 0.717) is 6.04 Å². The molecule has 1 heterocycles. The molecule has 2 nitrogen and oxygen atoms in total. The van der Waals surface area contributed by atoms with Crippen molar-refractivity contribution >= 4 is 12.0 Å². The van der Waals surface area contributed by atoms with Gasteiger partial charge in [-0.25, -0.2) is 0 Å². The van der Waals surface area contributed by atoms with Crippen molar-refractivity contribution in [2.75, 3.05) is 11.4 Å². The fraction of sp³-hybridized carbons (Fsp3) is 0.500. The quantitative estimate of drug-likeness (QED) is 0.702. The zero-order valence-electron chi connectivity index (χ0n) is 10.0. The lowest BCUT2D eigenvalue weighted by molar-refractivity contribution is 0.650. The van der Waals surface area contributed by atoms with E-state index in [1.54, 1.807) is 11.1 Å². The molecule has 0 bridgehead atoms. The lowest BCUT2D eigenvalue weighted by Crippen LogP contribution is -2.32. The molecule has 0 radical (unpaired) electrons. The summed E-state index contributed by atoms with van der Waals surface area (Å²) in [6.45, 7) is 5.51. The average Bonchev–Trinajstić information content (AvgIpc) is 2.22. The van der Waals surface area contributed by atoms with E-state index < -0.39 is 0 Å². The molecule has 1 unspecified atom stereocenters. The molecule has 0 aromatic heterocycles. The standard InChI is InChI=1S/C14H18N2/c1-10-3-6-14(13-5-4-12(10)13)16-8-7-11(2)15-9-16/h3,6,9,11H,4-5,7-8H2,1-2H3. The smallest absolute Gasteiger partial charge is 0.0897 e. The van der Waals surface area contributed by atoms with Gasteiger partial charge in [-0.15, -0.1) is 0 Å². The van der Waals surface area contributed by atoms with Crippen molar-refractivity contribution in [2.24, 2.45) is 4.99 Å². The predicted molar refractivity (Wildman–Crippen MR) is 68.5 cm³/mol. The Bertz CT molecular complexity index is 448. The van der Waals surface area contributed by atoms with Gasteiger partial charge < -0.3 is 4.90 Å². The Kier molecular flexibility index (Phi) is 2.23. The summed E-state index contributed by atoms with van der Waals surface area (Å²) in [5.74, 6) is 0. The maximum atomic E-state index is 4.51. The summed E-state index contributed by atoms with van der Waals surface area (Å²) in [5.41, 5.74) is 5.97. The molecule has 0 amide bonds. The first-order valence-corrected chi connectivity index (χ1v) is 6.17. The van der Waals surface area contributed by atoms with Crippen LogP contribution < -0.4 is 4.90 Å². The molecule has 2 heteroatoms. The highest BCUT2D eigenvalue weighted by atomic mass is 15.2. The van der Waals surface area contributed by atoms with E-state index in [4.69, 9.17) is 0 Å². The second kappa shape index (κ2) is 3.62. The molecule has 84 valence electrons. The van der Waals surface area contributed by atoms with Crippen LogP contribution in [0.15, 0.2) is 17.1 Å². The van der Waals surface area contributed by atoms with E-state index in [-0.39, 0.29) is 0 Å². The van der Waals surface area contributed by atoms with E-state index in [0.717, 1.165) is 6.54 Å². The van der Waals surface area contributed by atoms with E-state index in [1.165, 1.54) is 30.5 Å². The molecule has 1 aromatic rings. The van der Waals surface area contributed by atoms with Crippen molar-refractivity contribution in [3.05, 3.63) is 28.8 Å². The summed E-state index contributed by atoms with van der Waals surface area (Å²) in [5, 5.41) is 0. The van der Waals surface area contributed by atoms with Crippen LogP contribution in [-0.4, -0.2) is 18.9 Å². The third-order valence-electron chi connectivity index (χ3n) is 3.82. The summed E-state index contributed by atoms with van der Waals surface area (Å²) in [7, 11) is 0. The minimum atomic E-state index is 0.493. The minimum Gasteiger partial charge on any atom is -0.332 e. The normalized spacial score (nSPS) is 22.9. The third kappa shape index (κ3) is 1.44. The highest BCUT2D eigenvalue weighted by Crippen LogP contribution is 2.35. The topological polar surface area (TPSA) is 15.6 Å². The molecule has 3 rings (SSSR count). The molecular weight excluding hydrogens is 196 g/mol. The van der Waals surface area contributed by atoms with Crippen molar-refractivity contribution < 1.29 is 0 Å². The van der Waals surface area contributed by atoms with Gasteiger partial charge in [0.25, 0.3) is 0 Å². The lowest BCUT2D eigenvalue weighted by atomic mass is 9.83. The number of nitrogens with zero attached hydrogens (tertiary/aromatic N) is 2. The molecule has 1 atom stereocenters. The van der Waals surface area contributed by atoms with Crippen LogP contribution in [0.3, 0.4) is 0 Å². The van der Waals surface area contributed by atoms with E-state index in [1.807, 2.05) is 6.34 Å². The molecule has 1 aromatic carbocycles. The first-order chi connectivity index (χ1) is 7.75. The van der Waals surface area contributed by atoms with Gasteiger partial charge in [-0.1, -0.05) is 6.07 Å². The summed E-state index contributed by atoms with van der Waals surface area (Å²) in [4.78, 5) is 6.82. The average molecular weight is 214 g/mol. The lowest BCUT2D eigenvalue weighted by Gasteiger charge is -2.32. The summed E-state index contributed by atoms with van der Waals surface area (Å²) in [6.07, 6.45) is 5.69. The van der Waals surface area contributed by atoms with Gasteiger partial charge in [-0.2, -0.15) is 0 Å². The Balaban J connectivity index is 1.96. The van der Waals surface area contributed by atoms with E-state index in [9.17, 15) is 0 Å². The second-order valence-electron chi connectivity index (χ2n) is 4.95. The van der Waals surface area contributed by atoms with E-state index >= 15 is 0 Å². The van der Waals surface area contributed by atoms with Gasteiger partial charge >= 0.3 is 0 Å². The van der Waals surface area contributed by atoms with Crippen molar-refractivity contribution in [3.63, 3.8) is 0 Å². The number of aryl methyl sites for hydroxylation is 1. The summed E-state index contributed by atoms with van der Waals surface area (Å²) < 4.78 is 0. The fourth-order valence-electron chi connectivity index (χ4n) is 2.60. The van der Waals surface area contributed by atoms with Gasteiger partial charge in [-0.3, -0.25) is 4.99 Å². The Labute approximate surface area is 97.0 Å². The van der Waals surface area contributed by atoms with Gasteiger partial charge in [0.2, 0.25) is 0 Å². The molecular formula is C14H18N2. The van der Waals surface area contributed by atoms with Crippen LogP contribution in [0.2, 0.25) is 0 Å². The largest absolute Gasteiger partial charge is 0.332 e. The van der Waals surface area contributed by atoms with Crippen LogP contribution >= 0.6 is 0 Å². The minimum absolute atomic E-state index is 0.493. The molecule has 0 saturated carbocycles.